The maximum atomic E-state index is 12.8. The first-order chi connectivity index (χ1) is 29.8. The minimum Gasteiger partial charge on any atom is -0.462 e. The molecule has 61 heavy (non-hydrogen) atoms. The van der Waals surface area contributed by atoms with E-state index in [0.29, 0.717) is 19.3 Å². The molecule has 0 bridgehead atoms. The third-order valence-corrected chi connectivity index (χ3v) is 9.95. The Bertz CT molecular complexity index is 1310. The Kier molecular flexibility index (Phi) is 37.1. The van der Waals surface area contributed by atoms with Gasteiger partial charge in [0.25, 0.3) is 0 Å². The number of hydrogen-bond donors (Lipinski definition) is 4. The van der Waals surface area contributed by atoms with E-state index in [1.165, 1.54) is 51.4 Å². The predicted octanol–water partition coefficient (Wildman–Crippen LogP) is 10.3. The summed E-state index contributed by atoms with van der Waals surface area (Å²) in [5.74, 6) is -0.931. The molecular weight excluding hydrogens is 773 g/mol. The van der Waals surface area contributed by atoms with Crippen molar-refractivity contribution in [2.24, 2.45) is 0 Å². The van der Waals surface area contributed by atoms with Gasteiger partial charge in [-0.1, -0.05) is 150 Å². The fraction of sp³-hybridized carbons (Fsp3) is 0.647. The van der Waals surface area contributed by atoms with E-state index in [1.54, 1.807) is 0 Å². The second-order valence-corrected chi connectivity index (χ2v) is 15.5. The highest BCUT2D eigenvalue weighted by Gasteiger charge is 2.44. The van der Waals surface area contributed by atoms with Crippen LogP contribution in [0.5, 0.6) is 0 Å². The van der Waals surface area contributed by atoms with Gasteiger partial charge in [-0.05, 0) is 89.9 Å². The van der Waals surface area contributed by atoms with Crippen LogP contribution in [0.25, 0.3) is 0 Å². The summed E-state index contributed by atoms with van der Waals surface area (Å²) in [5, 5.41) is 40.1. The summed E-state index contributed by atoms with van der Waals surface area (Å²) in [6.45, 7) is 3.19. The Labute approximate surface area is 368 Å². The molecule has 10 nitrogen and oxygen atoms in total. The van der Waals surface area contributed by atoms with E-state index >= 15 is 0 Å². The molecule has 10 heteroatoms. The van der Waals surface area contributed by atoms with Crippen LogP contribution in [-0.4, -0.2) is 89.0 Å². The fourth-order valence-corrected chi connectivity index (χ4v) is 6.29. The van der Waals surface area contributed by atoms with Gasteiger partial charge in [-0.3, -0.25) is 9.59 Å². The van der Waals surface area contributed by atoms with Gasteiger partial charge in [-0.2, -0.15) is 0 Å². The van der Waals surface area contributed by atoms with Crippen molar-refractivity contribution in [2.45, 2.75) is 192 Å². The molecule has 0 saturated carbocycles. The topological polar surface area (TPSA) is 152 Å². The van der Waals surface area contributed by atoms with Crippen LogP contribution >= 0.6 is 0 Å². The molecule has 0 aliphatic carbocycles. The second-order valence-electron chi connectivity index (χ2n) is 15.5. The highest BCUT2D eigenvalue weighted by atomic mass is 16.7. The summed E-state index contributed by atoms with van der Waals surface area (Å²) >= 11 is 0. The molecule has 1 fully saturated rings. The van der Waals surface area contributed by atoms with Gasteiger partial charge in [0, 0.05) is 12.8 Å². The van der Waals surface area contributed by atoms with Crippen molar-refractivity contribution in [1.29, 1.82) is 0 Å². The van der Waals surface area contributed by atoms with E-state index < -0.39 is 55.4 Å². The van der Waals surface area contributed by atoms with Crippen LogP contribution in [0.15, 0.2) is 97.2 Å². The number of carbonyl (C=O) groups excluding carboxylic acids is 2. The number of rotatable bonds is 37. The lowest BCUT2D eigenvalue weighted by Gasteiger charge is -2.39. The van der Waals surface area contributed by atoms with Gasteiger partial charge in [0.2, 0.25) is 0 Å². The molecule has 1 aliphatic heterocycles. The van der Waals surface area contributed by atoms with Crippen molar-refractivity contribution in [3.8, 4) is 0 Å². The first-order valence-electron chi connectivity index (χ1n) is 23.3. The summed E-state index contributed by atoms with van der Waals surface area (Å²) < 4.78 is 22.1. The molecule has 0 aromatic heterocycles. The summed E-state index contributed by atoms with van der Waals surface area (Å²) in [6.07, 6.45) is 47.1. The number of allylic oxidation sites excluding steroid dienone is 16. The van der Waals surface area contributed by atoms with Crippen LogP contribution in [0.3, 0.4) is 0 Å². The normalized spacial score (nSPS) is 20.7. The lowest BCUT2D eigenvalue weighted by Crippen LogP contribution is -2.59. The van der Waals surface area contributed by atoms with E-state index in [4.69, 9.17) is 18.9 Å². The van der Waals surface area contributed by atoms with Crippen LogP contribution in [0.4, 0.5) is 0 Å². The van der Waals surface area contributed by atoms with Gasteiger partial charge in [-0.25, -0.2) is 0 Å². The SMILES string of the molecule is CC/C=C/C/C=C/C/C=C/C/C=C/CCCCC(=O)O[C@@H](COC(=O)CCC/C=C/C/C=C/C/C=C/C/C=C/CCCCCCCCC)CO[C@H]1O[C@@H](CO)[C@@H](O)C(O)C1O. The summed E-state index contributed by atoms with van der Waals surface area (Å²) in [5.41, 5.74) is 0. The van der Waals surface area contributed by atoms with Crippen LogP contribution in [0.2, 0.25) is 0 Å². The zero-order valence-electron chi connectivity index (χ0n) is 37.6. The standard InChI is InChI=1S/C51H82O10/c1-3-5-7-9-11-13-15-17-19-20-21-22-23-24-26-27-29-31-33-35-37-39-46(53)58-42-44(43-59-51-50(57)49(56)48(55)45(41-52)61-51)60-47(54)40-38-36-34-32-30-28-25-18-16-14-12-10-8-6-4-2/h6,8,12,14,18-20,22-23,25-27,30-33,44-45,48-52,55-57H,3-5,7,9-11,13,15-17,21,24,28-29,34-43H2,1-2H3/b8-6+,14-12+,20-19+,23-22+,25-18+,27-26+,32-30+,33-31+/t44-,45-,48+,49?,50?,51-/m0/s1. The molecule has 6 atom stereocenters. The molecule has 0 aromatic carbocycles. The summed E-state index contributed by atoms with van der Waals surface area (Å²) in [6, 6.07) is 0. The maximum absolute atomic E-state index is 12.8. The molecule has 0 amide bonds. The first kappa shape index (κ1) is 55.6. The van der Waals surface area contributed by atoms with Crippen LogP contribution in [0.1, 0.15) is 155 Å². The molecule has 2 unspecified atom stereocenters. The first-order valence-corrected chi connectivity index (χ1v) is 23.3. The number of aliphatic hydroxyl groups is 4. The van der Waals surface area contributed by atoms with Crippen molar-refractivity contribution >= 4 is 11.9 Å². The maximum Gasteiger partial charge on any atom is 0.306 e. The van der Waals surface area contributed by atoms with E-state index in [1.807, 2.05) is 6.08 Å². The highest BCUT2D eigenvalue weighted by Crippen LogP contribution is 2.22. The molecule has 0 aromatic rings. The molecule has 1 aliphatic rings. The van der Waals surface area contributed by atoms with Gasteiger partial charge in [0.05, 0.1) is 13.2 Å². The third kappa shape index (κ3) is 32.0. The minimum absolute atomic E-state index is 0.160. The zero-order valence-corrected chi connectivity index (χ0v) is 37.6. The lowest BCUT2D eigenvalue weighted by atomic mass is 9.99. The molecule has 0 spiro atoms. The van der Waals surface area contributed by atoms with Gasteiger partial charge in [0.1, 0.15) is 31.0 Å². The number of hydrogen-bond acceptors (Lipinski definition) is 10. The van der Waals surface area contributed by atoms with E-state index in [-0.39, 0.29) is 26.1 Å². The molecule has 1 saturated heterocycles. The van der Waals surface area contributed by atoms with Gasteiger partial charge >= 0.3 is 11.9 Å². The minimum atomic E-state index is -1.62. The average Bonchev–Trinajstić information content (AvgIpc) is 3.26. The largest absolute Gasteiger partial charge is 0.462 e. The van der Waals surface area contributed by atoms with Crippen molar-refractivity contribution in [3.63, 3.8) is 0 Å². The highest BCUT2D eigenvalue weighted by molar-refractivity contribution is 5.70. The Morgan fingerprint density at radius 2 is 0.984 bits per heavy atom. The summed E-state index contributed by atoms with van der Waals surface area (Å²) in [4.78, 5) is 25.3. The van der Waals surface area contributed by atoms with Crippen molar-refractivity contribution < 1.29 is 49.0 Å². The zero-order chi connectivity index (χ0) is 44.4. The van der Waals surface area contributed by atoms with Crippen molar-refractivity contribution in [1.82, 2.24) is 0 Å². The molecular formula is C51H82O10. The molecule has 4 N–H and O–H groups in total. The average molecular weight is 855 g/mol. The van der Waals surface area contributed by atoms with Crippen LogP contribution in [0, 0.1) is 0 Å². The van der Waals surface area contributed by atoms with Gasteiger partial charge in [-0.15, -0.1) is 0 Å². The summed E-state index contributed by atoms with van der Waals surface area (Å²) in [7, 11) is 0. The van der Waals surface area contributed by atoms with Gasteiger partial charge in [0.15, 0.2) is 12.4 Å². The Morgan fingerprint density at radius 1 is 0.525 bits per heavy atom. The lowest BCUT2D eigenvalue weighted by molar-refractivity contribution is -0.305. The monoisotopic (exact) mass is 855 g/mol. The Morgan fingerprint density at radius 3 is 1.51 bits per heavy atom. The molecule has 1 heterocycles. The van der Waals surface area contributed by atoms with Crippen LogP contribution < -0.4 is 0 Å². The number of esters is 2. The fourth-order valence-electron chi connectivity index (χ4n) is 6.29. The smallest absolute Gasteiger partial charge is 0.306 e. The molecule has 0 radical (unpaired) electrons. The van der Waals surface area contributed by atoms with E-state index in [2.05, 4.69) is 105 Å². The third-order valence-electron chi connectivity index (χ3n) is 9.95. The quantitative estimate of drug-likeness (QED) is 0.0270. The predicted molar refractivity (Wildman–Crippen MR) is 247 cm³/mol. The Balaban J connectivity index is 2.39. The number of aliphatic hydroxyl groups excluding tert-OH is 4. The Hall–Kier alpha value is -3.38. The van der Waals surface area contributed by atoms with E-state index in [0.717, 1.165) is 57.8 Å². The van der Waals surface area contributed by atoms with E-state index in [9.17, 15) is 30.0 Å². The van der Waals surface area contributed by atoms with Crippen molar-refractivity contribution in [2.75, 3.05) is 19.8 Å². The number of unbranched alkanes of at least 4 members (excludes halogenated alkanes) is 10. The van der Waals surface area contributed by atoms with Gasteiger partial charge < -0.3 is 39.4 Å². The number of ether oxygens (including phenoxy) is 4. The van der Waals surface area contributed by atoms with Crippen molar-refractivity contribution in [3.05, 3.63) is 97.2 Å². The number of carbonyl (C=O) groups is 2. The second kappa shape index (κ2) is 40.7. The van der Waals surface area contributed by atoms with Crippen LogP contribution in [-0.2, 0) is 28.5 Å². The molecule has 1 rings (SSSR count). The molecule has 346 valence electrons.